The van der Waals surface area contributed by atoms with Crippen molar-refractivity contribution in [3.05, 3.63) is 61.8 Å². The molecule has 0 fully saturated rings. The zero-order valence-corrected chi connectivity index (χ0v) is 15.3. The van der Waals surface area contributed by atoms with Gasteiger partial charge in [0.25, 0.3) is 5.56 Å². The van der Waals surface area contributed by atoms with Gasteiger partial charge < -0.3 is 9.72 Å². The maximum absolute atomic E-state index is 12.2. The highest BCUT2D eigenvalue weighted by Gasteiger charge is 2.15. The molecule has 6 nitrogen and oxygen atoms in total. The van der Waals surface area contributed by atoms with E-state index in [2.05, 4.69) is 9.97 Å². The summed E-state index contributed by atoms with van der Waals surface area (Å²) < 4.78 is 5.13. The Bertz CT molecular complexity index is 1040. The number of Topliss-reactive ketones (excluding diaryl/α,β-unsaturated/α-hetero) is 1. The highest BCUT2D eigenvalue weighted by atomic mass is 32.1. The molecular weight excluding hydrogens is 352 g/mol. The van der Waals surface area contributed by atoms with Gasteiger partial charge in [0.05, 0.1) is 17.3 Å². The number of H-pyrrole nitrogens is 1. The van der Waals surface area contributed by atoms with Gasteiger partial charge in [-0.15, -0.1) is 11.3 Å². The monoisotopic (exact) mass is 370 g/mol. The third-order valence-electron chi connectivity index (χ3n) is 3.93. The van der Waals surface area contributed by atoms with Crippen molar-refractivity contribution in [1.82, 2.24) is 9.97 Å². The van der Waals surface area contributed by atoms with Gasteiger partial charge in [0.15, 0.2) is 5.78 Å². The molecule has 0 radical (unpaired) electrons. The van der Waals surface area contributed by atoms with E-state index in [4.69, 9.17) is 4.74 Å². The molecule has 0 atom stereocenters. The maximum atomic E-state index is 12.2. The van der Waals surface area contributed by atoms with E-state index < -0.39 is 5.97 Å². The minimum atomic E-state index is -0.501. The molecule has 2 aromatic heterocycles. The van der Waals surface area contributed by atoms with Gasteiger partial charge in [0.1, 0.15) is 12.4 Å². The van der Waals surface area contributed by atoms with Gasteiger partial charge in [-0.2, -0.15) is 0 Å². The number of esters is 1. The first kappa shape index (κ1) is 18.0. The number of benzene rings is 1. The molecule has 0 aliphatic heterocycles. The number of carbonyl (C=O) groups excluding carboxylic acids is 2. The van der Waals surface area contributed by atoms with E-state index in [0.717, 1.165) is 9.75 Å². The molecule has 0 bridgehead atoms. The maximum Gasteiger partial charge on any atom is 0.306 e. The second-order valence-electron chi connectivity index (χ2n) is 5.94. The molecule has 26 heavy (non-hydrogen) atoms. The van der Waals surface area contributed by atoms with E-state index in [0.29, 0.717) is 16.5 Å². The van der Waals surface area contributed by atoms with E-state index in [1.807, 2.05) is 19.9 Å². The van der Waals surface area contributed by atoms with Crippen LogP contribution in [0.2, 0.25) is 0 Å². The molecule has 0 aliphatic rings. The summed E-state index contributed by atoms with van der Waals surface area (Å²) in [5, 5.41) is 0.481. The Morgan fingerprint density at radius 3 is 2.69 bits per heavy atom. The van der Waals surface area contributed by atoms with Crippen LogP contribution in [0.1, 0.15) is 38.8 Å². The molecule has 3 aromatic rings. The van der Waals surface area contributed by atoms with E-state index in [9.17, 15) is 14.4 Å². The van der Waals surface area contributed by atoms with Crippen molar-refractivity contribution in [3.63, 3.8) is 0 Å². The molecule has 0 unspecified atom stereocenters. The van der Waals surface area contributed by atoms with E-state index in [1.54, 1.807) is 35.6 Å². The average Bonchev–Trinajstić information content (AvgIpc) is 2.96. The van der Waals surface area contributed by atoms with E-state index in [-0.39, 0.29) is 36.6 Å². The number of hydrogen-bond acceptors (Lipinski definition) is 6. The van der Waals surface area contributed by atoms with Gasteiger partial charge in [-0.1, -0.05) is 12.1 Å². The number of ketones is 1. The highest BCUT2D eigenvalue weighted by Crippen LogP contribution is 2.22. The van der Waals surface area contributed by atoms with Crippen LogP contribution in [0.25, 0.3) is 10.9 Å². The molecule has 134 valence electrons. The van der Waals surface area contributed by atoms with Gasteiger partial charge in [-0.25, -0.2) is 4.98 Å². The number of thiophene rings is 1. The minimum absolute atomic E-state index is 0.00895. The van der Waals surface area contributed by atoms with Crippen LogP contribution in [0, 0.1) is 13.8 Å². The third-order valence-corrected chi connectivity index (χ3v) is 4.90. The summed E-state index contributed by atoms with van der Waals surface area (Å²) >= 11 is 1.56. The van der Waals surface area contributed by atoms with E-state index in [1.165, 1.54) is 0 Å². The molecule has 7 heteroatoms. The zero-order valence-electron chi connectivity index (χ0n) is 14.5. The van der Waals surface area contributed by atoms with Crippen LogP contribution >= 0.6 is 11.3 Å². The second kappa shape index (κ2) is 7.61. The topological polar surface area (TPSA) is 89.1 Å². The van der Waals surface area contributed by atoms with Gasteiger partial charge in [0, 0.05) is 21.7 Å². The van der Waals surface area contributed by atoms with Crippen molar-refractivity contribution >= 4 is 34.0 Å². The predicted molar refractivity (Wildman–Crippen MR) is 99.5 cm³/mol. The molecule has 0 aliphatic carbocycles. The summed E-state index contributed by atoms with van der Waals surface area (Å²) in [7, 11) is 0. The summed E-state index contributed by atoms with van der Waals surface area (Å²) in [5.74, 6) is -0.294. The third kappa shape index (κ3) is 4.05. The van der Waals surface area contributed by atoms with Crippen LogP contribution in [-0.4, -0.2) is 21.7 Å². The number of rotatable bonds is 6. The van der Waals surface area contributed by atoms with Crippen LogP contribution in [0.5, 0.6) is 0 Å². The zero-order chi connectivity index (χ0) is 18.7. The molecule has 0 spiro atoms. The number of fused-ring (bicyclic) bond motifs is 1. The standard InChI is InChI=1S/C19H18N2O4S/c1-11-9-14(12(2)26-11)16(22)7-8-18(23)25-10-17-20-15-6-4-3-5-13(15)19(24)21-17/h3-6,9H,7-8,10H2,1-2H3,(H,20,21,24). The summed E-state index contributed by atoms with van der Waals surface area (Å²) in [5.41, 5.74) is 0.932. The quantitative estimate of drug-likeness (QED) is 0.531. The normalized spacial score (nSPS) is 10.8. The van der Waals surface area contributed by atoms with Crippen molar-refractivity contribution in [1.29, 1.82) is 0 Å². The summed E-state index contributed by atoms with van der Waals surface area (Å²) in [6, 6.07) is 8.78. The first-order valence-electron chi connectivity index (χ1n) is 8.18. The van der Waals surface area contributed by atoms with Crippen LogP contribution < -0.4 is 5.56 Å². The molecule has 1 aromatic carbocycles. The van der Waals surface area contributed by atoms with Crippen molar-refractivity contribution < 1.29 is 14.3 Å². The minimum Gasteiger partial charge on any atom is -0.458 e. The number of ether oxygens (including phenoxy) is 1. The number of carbonyl (C=O) groups is 2. The average molecular weight is 370 g/mol. The fourth-order valence-electron chi connectivity index (χ4n) is 2.68. The predicted octanol–water partition coefficient (Wildman–Crippen LogP) is 3.31. The SMILES string of the molecule is Cc1cc(C(=O)CCC(=O)OCc2nc3ccccc3c(=O)[nH]2)c(C)s1. The lowest BCUT2D eigenvalue weighted by atomic mass is 10.1. The number of hydrogen-bond donors (Lipinski definition) is 1. The van der Waals surface area contributed by atoms with Crippen molar-refractivity contribution in [2.24, 2.45) is 0 Å². The summed E-state index contributed by atoms with van der Waals surface area (Å²) in [4.78, 5) is 44.9. The Balaban J connectivity index is 1.57. The lowest BCUT2D eigenvalue weighted by Gasteiger charge is -2.05. The first-order valence-corrected chi connectivity index (χ1v) is 8.99. The van der Waals surface area contributed by atoms with Crippen LogP contribution in [-0.2, 0) is 16.1 Å². The van der Waals surface area contributed by atoms with Crippen molar-refractivity contribution in [3.8, 4) is 0 Å². The first-order chi connectivity index (χ1) is 12.4. The van der Waals surface area contributed by atoms with Crippen LogP contribution in [0.3, 0.4) is 0 Å². The number of aryl methyl sites for hydroxylation is 2. The number of para-hydroxylation sites is 1. The molecular formula is C19H18N2O4S. The second-order valence-corrected chi connectivity index (χ2v) is 7.40. The summed E-state index contributed by atoms with van der Waals surface area (Å²) in [6.45, 7) is 3.70. The van der Waals surface area contributed by atoms with Crippen molar-refractivity contribution in [2.75, 3.05) is 0 Å². The number of nitrogens with one attached hydrogen (secondary N) is 1. The Morgan fingerprint density at radius 1 is 1.19 bits per heavy atom. The molecule has 0 amide bonds. The highest BCUT2D eigenvalue weighted by molar-refractivity contribution is 7.12. The lowest BCUT2D eigenvalue weighted by Crippen LogP contribution is -2.15. The smallest absolute Gasteiger partial charge is 0.306 e. The van der Waals surface area contributed by atoms with Gasteiger partial charge in [-0.05, 0) is 32.0 Å². The van der Waals surface area contributed by atoms with Gasteiger partial charge in [-0.3, -0.25) is 14.4 Å². The van der Waals surface area contributed by atoms with Crippen molar-refractivity contribution in [2.45, 2.75) is 33.3 Å². The van der Waals surface area contributed by atoms with E-state index >= 15 is 0 Å². The Kier molecular flexibility index (Phi) is 5.27. The Labute approximate surface area is 153 Å². The molecule has 2 heterocycles. The van der Waals surface area contributed by atoms with Crippen LogP contribution in [0.4, 0.5) is 0 Å². The number of aromatic nitrogens is 2. The lowest BCUT2D eigenvalue weighted by molar-refractivity contribution is -0.145. The summed E-state index contributed by atoms with van der Waals surface area (Å²) in [6.07, 6.45) is 0.0858. The molecule has 1 N–H and O–H groups in total. The number of aromatic amines is 1. The Hall–Kier alpha value is -2.80. The Morgan fingerprint density at radius 2 is 1.96 bits per heavy atom. The fraction of sp³-hybridized carbons (Fsp3) is 0.263. The molecule has 0 saturated heterocycles. The van der Waals surface area contributed by atoms with Gasteiger partial charge >= 0.3 is 5.97 Å². The molecule has 0 saturated carbocycles. The van der Waals surface area contributed by atoms with Crippen LogP contribution in [0.15, 0.2) is 35.1 Å². The molecule has 3 rings (SSSR count). The fourth-order valence-corrected chi connectivity index (χ4v) is 3.62. The largest absolute Gasteiger partial charge is 0.458 e. The number of nitrogens with zero attached hydrogens (tertiary/aromatic N) is 1. The van der Waals surface area contributed by atoms with Gasteiger partial charge in [0.2, 0.25) is 0 Å².